The molecule has 10 heteroatoms. The summed E-state index contributed by atoms with van der Waals surface area (Å²) in [6.45, 7) is -1.17. The molecular formula is C16H22O10. The van der Waals surface area contributed by atoms with Gasteiger partial charge in [-0.15, -0.1) is 0 Å². The smallest absolute Gasteiger partial charge is 0.148 e. The van der Waals surface area contributed by atoms with Crippen molar-refractivity contribution in [3.05, 3.63) is 0 Å². The highest BCUT2D eigenvalue weighted by Gasteiger charge is 2.43. The third kappa shape index (κ3) is 4.34. The van der Waals surface area contributed by atoms with E-state index in [4.69, 9.17) is 19.7 Å². The number of aliphatic hydroxyl groups is 8. The van der Waals surface area contributed by atoms with E-state index in [0.717, 1.165) is 0 Å². The highest BCUT2D eigenvalue weighted by atomic mass is 16.5. The zero-order valence-electron chi connectivity index (χ0n) is 13.6. The fourth-order valence-electron chi connectivity index (χ4n) is 2.66. The summed E-state index contributed by atoms with van der Waals surface area (Å²) in [5, 5.41) is 76.4. The monoisotopic (exact) mass is 374 g/mol. The van der Waals surface area contributed by atoms with Crippen LogP contribution in [-0.2, 0) is 9.47 Å². The van der Waals surface area contributed by atoms with Gasteiger partial charge in [0.05, 0.1) is 13.2 Å². The first kappa shape index (κ1) is 21.0. The summed E-state index contributed by atoms with van der Waals surface area (Å²) in [7, 11) is 0. The molecule has 8 N–H and O–H groups in total. The van der Waals surface area contributed by atoms with Gasteiger partial charge in [0.2, 0.25) is 0 Å². The van der Waals surface area contributed by atoms with E-state index in [2.05, 4.69) is 23.7 Å². The Kier molecular flexibility index (Phi) is 7.34. The first-order chi connectivity index (χ1) is 12.3. The Hall–Kier alpha value is -1.28. The molecule has 2 saturated heterocycles. The zero-order valence-corrected chi connectivity index (χ0v) is 13.6. The van der Waals surface area contributed by atoms with Crippen LogP contribution in [0.25, 0.3) is 0 Å². The van der Waals surface area contributed by atoms with E-state index in [1.807, 2.05) is 0 Å². The van der Waals surface area contributed by atoms with Gasteiger partial charge in [-0.3, -0.25) is 0 Å². The van der Waals surface area contributed by atoms with Gasteiger partial charge in [0.1, 0.15) is 61.0 Å². The molecule has 2 aliphatic heterocycles. The van der Waals surface area contributed by atoms with Crippen LogP contribution >= 0.6 is 0 Å². The Morgan fingerprint density at radius 2 is 0.885 bits per heavy atom. The molecular weight excluding hydrogens is 352 g/mol. The molecule has 1 unspecified atom stereocenters. The minimum atomic E-state index is -1.56. The van der Waals surface area contributed by atoms with Crippen LogP contribution in [0.2, 0.25) is 0 Å². The lowest BCUT2D eigenvalue weighted by Crippen LogP contribution is -2.58. The Morgan fingerprint density at radius 1 is 0.538 bits per heavy atom. The predicted octanol–water partition coefficient (Wildman–Crippen LogP) is -5.32. The number of hydrogen-bond acceptors (Lipinski definition) is 10. The summed E-state index contributed by atoms with van der Waals surface area (Å²) < 4.78 is 10.3. The van der Waals surface area contributed by atoms with E-state index in [1.54, 1.807) is 0 Å². The van der Waals surface area contributed by atoms with Gasteiger partial charge in [-0.25, -0.2) is 0 Å². The Labute approximate surface area is 149 Å². The fraction of sp³-hybridized carbons (Fsp3) is 0.750. The second kappa shape index (κ2) is 9.08. The molecule has 2 aliphatic rings. The molecule has 0 bridgehead atoms. The first-order valence-corrected chi connectivity index (χ1v) is 7.93. The highest BCUT2D eigenvalue weighted by molar-refractivity contribution is 5.30. The van der Waals surface area contributed by atoms with E-state index in [0.29, 0.717) is 0 Å². The minimum Gasteiger partial charge on any atom is -0.394 e. The van der Waals surface area contributed by atoms with Gasteiger partial charge < -0.3 is 50.3 Å². The second-order valence-electron chi connectivity index (χ2n) is 6.04. The third-order valence-electron chi connectivity index (χ3n) is 4.28. The largest absolute Gasteiger partial charge is 0.394 e. The van der Waals surface area contributed by atoms with Crippen LogP contribution in [0.3, 0.4) is 0 Å². The molecule has 146 valence electrons. The number of ether oxygens (including phenoxy) is 2. The molecule has 2 heterocycles. The SMILES string of the molecule is OC[C@H]1O[C@H](C#CC#CC2O[C@H](CO)[C@@H](O)[C@H](O)[C@@H]2O)[C@@H](O)[C@@H](O)[C@@H]1O. The van der Waals surface area contributed by atoms with Crippen LogP contribution in [0.1, 0.15) is 0 Å². The van der Waals surface area contributed by atoms with Crippen LogP contribution < -0.4 is 0 Å². The molecule has 0 amide bonds. The van der Waals surface area contributed by atoms with Crippen LogP contribution in [0.15, 0.2) is 0 Å². The van der Waals surface area contributed by atoms with Crippen molar-refractivity contribution in [1.29, 1.82) is 0 Å². The molecule has 2 rings (SSSR count). The maximum absolute atomic E-state index is 9.82. The van der Waals surface area contributed by atoms with Crippen LogP contribution in [0, 0.1) is 23.7 Å². The molecule has 26 heavy (non-hydrogen) atoms. The molecule has 0 aliphatic carbocycles. The summed E-state index contributed by atoms with van der Waals surface area (Å²) in [5.41, 5.74) is 0. The second-order valence-corrected chi connectivity index (χ2v) is 6.04. The van der Waals surface area contributed by atoms with Gasteiger partial charge >= 0.3 is 0 Å². The maximum Gasteiger partial charge on any atom is 0.148 e. The molecule has 0 spiro atoms. The number of aliphatic hydroxyl groups excluding tert-OH is 8. The van der Waals surface area contributed by atoms with E-state index >= 15 is 0 Å². The Bertz CT molecular complexity index is 533. The lowest BCUT2D eigenvalue weighted by molar-refractivity contribution is -0.214. The normalized spacial score (nSPS) is 45.8. The molecule has 0 aromatic carbocycles. The van der Waals surface area contributed by atoms with Crippen molar-refractivity contribution in [3.8, 4) is 23.7 Å². The molecule has 0 radical (unpaired) electrons. The molecule has 10 nitrogen and oxygen atoms in total. The average Bonchev–Trinajstić information content (AvgIpc) is 2.64. The summed E-state index contributed by atoms with van der Waals surface area (Å²) in [6.07, 6.45) is -13.7. The third-order valence-corrected chi connectivity index (χ3v) is 4.28. The number of rotatable bonds is 2. The summed E-state index contributed by atoms with van der Waals surface area (Å²) in [6, 6.07) is 0. The van der Waals surface area contributed by atoms with Crippen molar-refractivity contribution < 1.29 is 50.3 Å². The summed E-state index contributed by atoms with van der Waals surface area (Å²) in [5.74, 6) is 9.47. The Balaban J connectivity index is 2.05. The maximum atomic E-state index is 9.82. The lowest BCUT2D eigenvalue weighted by Gasteiger charge is -2.38. The first-order valence-electron chi connectivity index (χ1n) is 7.93. The standard InChI is InChI=1S/C16H22O10/c17-5-9-13(21)15(23)11(19)7(25-9)3-1-2-4-8-12(20)16(24)14(22)10(6-18)26-8/h7-24H,5-6H2/t7-,8?,9-,10-,11-,12-,13-,14-,15-,16-/m1/s1. The van der Waals surface area contributed by atoms with E-state index in [1.165, 1.54) is 0 Å². The topological polar surface area (TPSA) is 180 Å². The van der Waals surface area contributed by atoms with Crippen molar-refractivity contribution in [2.75, 3.05) is 13.2 Å². The van der Waals surface area contributed by atoms with Crippen molar-refractivity contribution in [1.82, 2.24) is 0 Å². The summed E-state index contributed by atoms with van der Waals surface area (Å²) >= 11 is 0. The highest BCUT2D eigenvalue weighted by Crippen LogP contribution is 2.21. The van der Waals surface area contributed by atoms with Crippen molar-refractivity contribution >= 4 is 0 Å². The van der Waals surface area contributed by atoms with E-state index < -0.39 is 74.3 Å². The van der Waals surface area contributed by atoms with Crippen molar-refractivity contribution in [2.45, 2.75) is 61.0 Å². The molecule has 2 fully saturated rings. The predicted molar refractivity (Wildman–Crippen MR) is 83.1 cm³/mol. The summed E-state index contributed by atoms with van der Waals surface area (Å²) in [4.78, 5) is 0. The van der Waals surface area contributed by atoms with Gasteiger partial charge in [0, 0.05) is 0 Å². The van der Waals surface area contributed by atoms with Crippen molar-refractivity contribution in [3.63, 3.8) is 0 Å². The average molecular weight is 374 g/mol. The van der Waals surface area contributed by atoms with Crippen LogP contribution in [-0.4, -0.2) is 115 Å². The van der Waals surface area contributed by atoms with Crippen LogP contribution in [0.5, 0.6) is 0 Å². The fourth-order valence-corrected chi connectivity index (χ4v) is 2.66. The lowest BCUT2D eigenvalue weighted by atomic mass is 9.95. The van der Waals surface area contributed by atoms with Gasteiger partial charge in [-0.05, 0) is 11.8 Å². The van der Waals surface area contributed by atoms with E-state index in [9.17, 15) is 30.6 Å². The van der Waals surface area contributed by atoms with Gasteiger partial charge in [0.15, 0.2) is 0 Å². The van der Waals surface area contributed by atoms with Crippen LogP contribution in [0.4, 0.5) is 0 Å². The Morgan fingerprint density at radius 3 is 1.19 bits per heavy atom. The minimum absolute atomic E-state index is 0.584. The zero-order chi connectivity index (χ0) is 19.4. The van der Waals surface area contributed by atoms with Crippen molar-refractivity contribution in [2.24, 2.45) is 0 Å². The molecule has 10 atom stereocenters. The van der Waals surface area contributed by atoms with E-state index in [-0.39, 0.29) is 0 Å². The quantitative estimate of drug-likeness (QED) is 0.217. The molecule has 0 aromatic heterocycles. The van der Waals surface area contributed by atoms with Gasteiger partial charge in [-0.2, -0.15) is 0 Å². The number of hydrogen-bond donors (Lipinski definition) is 8. The van der Waals surface area contributed by atoms with Gasteiger partial charge in [0.25, 0.3) is 0 Å². The van der Waals surface area contributed by atoms with Gasteiger partial charge in [-0.1, -0.05) is 11.8 Å². The molecule has 0 aromatic rings. The molecule has 0 saturated carbocycles.